The van der Waals surface area contributed by atoms with Gasteiger partial charge in [-0.15, -0.1) is 12.4 Å². The topological polar surface area (TPSA) is 67.6 Å². The van der Waals surface area contributed by atoms with Crippen LogP contribution in [0.3, 0.4) is 0 Å². The Morgan fingerprint density at radius 3 is 2.52 bits per heavy atom. The van der Waals surface area contributed by atoms with Gasteiger partial charge < -0.3 is 20.7 Å². The molecule has 5 nitrogen and oxygen atoms in total. The molecule has 0 atom stereocenters. The van der Waals surface area contributed by atoms with Crippen molar-refractivity contribution in [2.45, 2.75) is 13.8 Å². The first-order valence-electron chi connectivity index (χ1n) is 6.67. The van der Waals surface area contributed by atoms with Gasteiger partial charge in [-0.3, -0.25) is 4.79 Å². The number of halogens is 2. The van der Waals surface area contributed by atoms with Crippen LogP contribution in [0.25, 0.3) is 0 Å². The smallest absolute Gasteiger partial charge is 0.255 e. The lowest BCUT2D eigenvalue weighted by molar-refractivity contribution is 0.0946. The largest absolute Gasteiger partial charge is 0.496 e. The summed E-state index contributed by atoms with van der Waals surface area (Å²) >= 11 is 3.32. The molecule has 0 fully saturated rings. The molecule has 0 saturated carbocycles. The van der Waals surface area contributed by atoms with Gasteiger partial charge >= 0.3 is 0 Å². The number of nitrogens with one attached hydrogen (secondary N) is 1. The summed E-state index contributed by atoms with van der Waals surface area (Å²) in [5, 5.41) is 2.90. The number of nitrogen functional groups attached to an aromatic ring is 1. The lowest BCUT2D eigenvalue weighted by Crippen LogP contribution is -2.34. The van der Waals surface area contributed by atoms with Crippen molar-refractivity contribution in [3.63, 3.8) is 0 Å². The summed E-state index contributed by atoms with van der Waals surface area (Å²) < 4.78 is 5.89. The average molecular weight is 381 g/mol. The molecule has 0 heterocycles. The monoisotopic (exact) mass is 379 g/mol. The van der Waals surface area contributed by atoms with Gasteiger partial charge in [-0.2, -0.15) is 0 Å². The summed E-state index contributed by atoms with van der Waals surface area (Å²) in [5.74, 6) is 0.320. The molecule has 1 aromatic rings. The second-order valence-corrected chi connectivity index (χ2v) is 5.21. The number of hydrogen-bond donors (Lipinski definition) is 2. The number of carbonyl (C=O) groups is 1. The minimum atomic E-state index is -0.158. The number of nitrogens with two attached hydrogens (primary N) is 1. The highest BCUT2D eigenvalue weighted by atomic mass is 79.9. The number of rotatable bonds is 7. The summed E-state index contributed by atoms with van der Waals surface area (Å²) in [4.78, 5) is 14.4. The van der Waals surface area contributed by atoms with Crippen LogP contribution in [0.5, 0.6) is 5.75 Å². The summed E-state index contributed by atoms with van der Waals surface area (Å²) in [6.45, 7) is 7.59. The van der Waals surface area contributed by atoms with E-state index in [1.165, 1.54) is 7.11 Å². The normalized spacial score (nSPS) is 10.1. The number of carbonyl (C=O) groups excluding carboxylic acids is 1. The molecule has 0 radical (unpaired) electrons. The molecular formula is C14H23BrClN3O2. The van der Waals surface area contributed by atoms with Crippen LogP contribution in [0, 0.1) is 0 Å². The average Bonchev–Trinajstić information content (AvgIpc) is 2.45. The number of anilines is 1. The molecular weight excluding hydrogens is 358 g/mol. The van der Waals surface area contributed by atoms with Crippen LogP contribution < -0.4 is 15.8 Å². The molecule has 0 aliphatic heterocycles. The van der Waals surface area contributed by atoms with Crippen molar-refractivity contribution >= 4 is 39.9 Å². The molecule has 0 aliphatic rings. The first-order chi connectivity index (χ1) is 9.53. The van der Waals surface area contributed by atoms with Crippen LogP contribution in [0.15, 0.2) is 16.6 Å². The molecule has 0 bridgehead atoms. The van der Waals surface area contributed by atoms with Crippen LogP contribution in [-0.4, -0.2) is 44.1 Å². The fourth-order valence-electron chi connectivity index (χ4n) is 1.88. The van der Waals surface area contributed by atoms with E-state index in [9.17, 15) is 4.79 Å². The molecule has 0 spiro atoms. The lowest BCUT2D eigenvalue weighted by atomic mass is 10.1. The van der Waals surface area contributed by atoms with Gasteiger partial charge in [-0.1, -0.05) is 13.8 Å². The number of hydrogen-bond acceptors (Lipinski definition) is 4. The number of benzene rings is 1. The second-order valence-electron chi connectivity index (χ2n) is 4.36. The summed E-state index contributed by atoms with van der Waals surface area (Å²) in [6, 6.07) is 3.32. The Morgan fingerprint density at radius 1 is 1.38 bits per heavy atom. The van der Waals surface area contributed by atoms with Gasteiger partial charge in [0.15, 0.2) is 0 Å². The highest BCUT2D eigenvalue weighted by Gasteiger charge is 2.14. The molecule has 1 amide bonds. The Kier molecular flexibility index (Phi) is 9.41. The Hall–Kier alpha value is -0.980. The van der Waals surface area contributed by atoms with E-state index in [1.807, 2.05) is 0 Å². The van der Waals surface area contributed by atoms with Crippen molar-refractivity contribution < 1.29 is 9.53 Å². The number of methoxy groups -OCH3 is 1. The minimum absolute atomic E-state index is 0. The predicted molar refractivity (Wildman–Crippen MR) is 92.5 cm³/mol. The molecule has 3 N–H and O–H groups in total. The molecule has 1 aromatic carbocycles. The van der Waals surface area contributed by atoms with Crippen molar-refractivity contribution in [2.24, 2.45) is 0 Å². The maximum absolute atomic E-state index is 12.2. The van der Waals surface area contributed by atoms with Gasteiger partial charge in [0.2, 0.25) is 0 Å². The van der Waals surface area contributed by atoms with E-state index in [4.69, 9.17) is 10.5 Å². The van der Waals surface area contributed by atoms with Crippen molar-refractivity contribution in [1.29, 1.82) is 0 Å². The zero-order valence-corrected chi connectivity index (χ0v) is 15.0. The third kappa shape index (κ3) is 5.73. The summed E-state index contributed by atoms with van der Waals surface area (Å²) in [6.07, 6.45) is 0. The quantitative estimate of drug-likeness (QED) is 0.713. The Balaban J connectivity index is 0.00000400. The number of nitrogens with zero attached hydrogens (tertiary/aromatic N) is 1. The third-order valence-corrected chi connectivity index (χ3v) is 3.86. The standard InChI is InChI=1S/C14H22BrN3O2.ClH/c1-4-18(5-2)7-6-17-14(19)10-8-11(15)12(16)9-13(10)20-3;/h8-9H,4-7,16H2,1-3H3,(H,17,19);1H. The van der Waals surface area contributed by atoms with Gasteiger partial charge in [0, 0.05) is 29.3 Å². The van der Waals surface area contributed by atoms with Crippen LogP contribution in [-0.2, 0) is 0 Å². The van der Waals surface area contributed by atoms with Crippen LogP contribution in [0.1, 0.15) is 24.2 Å². The Morgan fingerprint density at radius 2 is 2.00 bits per heavy atom. The van der Waals surface area contributed by atoms with Crippen molar-refractivity contribution in [1.82, 2.24) is 10.2 Å². The molecule has 1 rings (SSSR count). The van der Waals surface area contributed by atoms with Crippen molar-refractivity contribution in [3.05, 3.63) is 22.2 Å². The zero-order chi connectivity index (χ0) is 15.1. The predicted octanol–water partition coefficient (Wildman–Crippen LogP) is 2.53. The first kappa shape index (κ1) is 20.0. The summed E-state index contributed by atoms with van der Waals surface area (Å²) in [5.41, 5.74) is 6.80. The maximum Gasteiger partial charge on any atom is 0.255 e. The van der Waals surface area contributed by atoms with E-state index < -0.39 is 0 Å². The molecule has 0 aliphatic carbocycles. The molecule has 120 valence electrons. The first-order valence-corrected chi connectivity index (χ1v) is 7.46. The highest BCUT2D eigenvalue weighted by molar-refractivity contribution is 9.10. The second kappa shape index (κ2) is 9.87. The molecule has 0 saturated heterocycles. The van der Waals surface area contributed by atoms with Gasteiger partial charge in [-0.25, -0.2) is 0 Å². The highest BCUT2D eigenvalue weighted by Crippen LogP contribution is 2.28. The van der Waals surface area contributed by atoms with Crippen molar-refractivity contribution in [2.75, 3.05) is 39.0 Å². The van der Waals surface area contributed by atoms with Crippen LogP contribution in [0.4, 0.5) is 5.69 Å². The fourth-order valence-corrected chi connectivity index (χ4v) is 2.22. The van der Waals surface area contributed by atoms with Crippen LogP contribution >= 0.6 is 28.3 Å². The van der Waals surface area contributed by atoms with Crippen LogP contribution in [0.2, 0.25) is 0 Å². The van der Waals surface area contributed by atoms with Crippen molar-refractivity contribution in [3.8, 4) is 5.75 Å². The number of amides is 1. The molecule has 0 unspecified atom stereocenters. The Labute approximate surface area is 140 Å². The third-order valence-electron chi connectivity index (χ3n) is 3.17. The number of likely N-dealkylation sites (N-methyl/N-ethyl adjacent to an activating group) is 1. The number of ether oxygens (including phenoxy) is 1. The SMILES string of the molecule is CCN(CC)CCNC(=O)c1cc(Br)c(N)cc1OC.Cl. The van der Waals surface area contributed by atoms with E-state index in [-0.39, 0.29) is 18.3 Å². The molecule has 7 heteroatoms. The maximum atomic E-state index is 12.2. The summed E-state index contributed by atoms with van der Waals surface area (Å²) in [7, 11) is 1.52. The Bertz CT molecular complexity index is 468. The van der Waals surface area contributed by atoms with E-state index in [2.05, 4.69) is 40.0 Å². The minimum Gasteiger partial charge on any atom is -0.496 e. The van der Waals surface area contributed by atoms with Gasteiger partial charge in [-0.05, 0) is 35.1 Å². The van der Waals surface area contributed by atoms with Gasteiger partial charge in [0.1, 0.15) is 5.75 Å². The van der Waals surface area contributed by atoms with E-state index >= 15 is 0 Å². The zero-order valence-electron chi connectivity index (χ0n) is 12.6. The van der Waals surface area contributed by atoms with Gasteiger partial charge in [0.05, 0.1) is 12.7 Å². The fraction of sp³-hybridized carbons (Fsp3) is 0.500. The molecule has 21 heavy (non-hydrogen) atoms. The van der Waals surface area contributed by atoms with E-state index in [0.29, 0.717) is 28.0 Å². The van der Waals surface area contributed by atoms with Gasteiger partial charge in [0.25, 0.3) is 5.91 Å². The molecule has 0 aromatic heterocycles. The van der Waals surface area contributed by atoms with E-state index in [1.54, 1.807) is 12.1 Å². The lowest BCUT2D eigenvalue weighted by Gasteiger charge is -2.18. The van der Waals surface area contributed by atoms with E-state index in [0.717, 1.165) is 19.6 Å².